The van der Waals surface area contributed by atoms with Gasteiger partial charge in [-0.3, -0.25) is 4.79 Å². The molecule has 1 aromatic rings. The Bertz CT molecular complexity index is 504. The van der Waals surface area contributed by atoms with Gasteiger partial charge in [-0.2, -0.15) is 0 Å². The molecule has 1 fully saturated rings. The highest BCUT2D eigenvalue weighted by Gasteiger charge is 2.25. The maximum absolute atomic E-state index is 11.7. The Morgan fingerprint density at radius 1 is 1.29 bits per heavy atom. The molecule has 0 radical (unpaired) electrons. The standard InChI is InChI=1S/C18H27NO2/c1-12-10-13(2)17(19)16(11-12)15(18(20)21)9-8-14-6-4-3-5-7-14/h10-11,14-15H,3-9,19H2,1-2H3,(H,20,21). The molecule has 0 heterocycles. The van der Waals surface area contributed by atoms with Crippen molar-refractivity contribution < 1.29 is 9.90 Å². The first kappa shape index (κ1) is 15.9. The van der Waals surface area contributed by atoms with Gasteiger partial charge in [-0.1, -0.05) is 49.8 Å². The third-order valence-electron chi connectivity index (χ3n) is 4.83. The molecule has 1 unspecified atom stereocenters. The van der Waals surface area contributed by atoms with E-state index in [0.717, 1.165) is 23.1 Å². The molecular weight excluding hydrogens is 262 g/mol. The largest absolute Gasteiger partial charge is 0.481 e. The number of nitrogen functional groups attached to an aromatic ring is 1. The van der Waals surface area contributed by atoms with Crippen molar-refractivity contribution in [2.75, 3.05) is 5.73 Å². The SMILES string of the molecule is Cc1cc(C)c(N)c(C(CCC2CCCCC2)C(=O)O)c1. The van der Waals surface area contributed by atoms with E-state index < -0.39 is 11.9 Å². The number of nitrogens with two attached hydrogens (primary N) is 1. The number of rotatable bonds is 5. The lowest BCUT2D eigenvalue weighted by Gasteiger charge is -2.24. The number of carboxylic acids is 1. The average molecular weight is 289 g/mol. The Balaban J connectivity index is 2.13. The summed E-state index contributed by atoms with van der Waals surface area (Å²) >= 11 is 0. The molecule has 1 aliphatic rings. The van der Waals surface area contributed by atoms with Crippen molar-refractivity contribution in [1.29, 1.82) is 0 Å². The summed E-state index contributed by atoms with van der Waals surface area (Å²) in [6.45, 7) is 3.95. The molecule has 0 aromatic heterocycles. The lowest BCUT2D eigenvalue weighted by atomic mass is 9.82. The summed E-state index contributed by atoms with van der Waals surface area (Å²) in [5, 5.41) is 9.61. The second kappa shape index (κ2) is 6.97. The van der Waals surface area contributed by atoms with Crippen LogP contribution in [0.25, 0.3) is 0 Å². The van der Waals surface area contributed by atoms with E-state index in [4.69, 9.17) is 5.73 Å². The van der Waals surface area contributed by atoms with E-state index >= 15 is 0 Å². The normalized spacial score (nSPS) is 17.6. The molecule has 0 spiro atoms. The van der Waals surface area contributed by atoms with Crippen LogP contribution in [0, 0.1) is 19.8 Å². The van der Waals surface area contributed by atoms with Crippen molar-refractivity contribution in [3.8, 4) is 0 Å². The summed E-state index contributed by atoms with van der Waals surface area (Å²) in [6.07, 6.45) is 8.16. The molecule has 0 amide bonds. The number of benzene rings is 1. The maximum atomic E-state index is 11.7. The summed E-state index contributed by atoms with van der Waals surface area (Å²) in [5.41, 5.74) is 9.65. The Kier molecular flexibility index (Phi) is 5.27. The van der Waals surface area contributed by atoms with Crippen LogP contribution in [0.3, 0.4) is 0 Å². The lowest BCUT2D eigenvalue weighted by molar-refractivity contribution is -0.139. The van der Waals surface area contributed by atoms with Crippen molar-refractivity contribution >= 4 is 11.7 Å². The number of hydrogen-bond acceptors (Lipinski definition) is 2. The van der Waals surface area contributed by atoms with Crippen LogP contribution in [-0.4, -0.2) is 11.1 Å². The zero-order valence-corrected chi connectivity index (χ0v) is 13.2. The lowest BCUT2D eigenvalue weighted by Crippen LogP contribution is -2.17. The van der Waals surface area contributed by atoms with E-state index in [9.17, 15) is 9.90 Å². The fourth-order valence-corrected chi connectivity index (χ4v) is 3.59. The molecule has 1 aromatic carbocycles. The number of anilines is 1. The molecule has 3 nitrogen and oxygen atoms in total. The molecule has 2 rings (SSSR count). The smallest absolute Gasteiger partial charge is 0.311 e. The Morgan fingerprint density at radius 2 is 1.95 bits per heavy atom. The van der Waals surface area contributed by atoms with E-state index in [1.165, 1.54) is 32.1 Å². The second-order valence-corrected chi connectivity index (χ2v) is 6.56. The highest BCUT2D eigenvalue weighted by atomic mass is 16.4. The minimum atomic E-state index is -0.748. The molecule has 21 heavy (non-hydrogen) atoms. The van der Waals surface area contributed by atoms with E-state index in [-0.39, 0.29) is 0 Å². The van der Waals surface area contributed by atoms with Gasteiger partial charge in [0.25, 0.3) is 0 Å². The third-order valence-corrected chi connectivity index (χ3v) is 4.83. The first-order valence-electron chi connectivity index (χ1n) is 8.08. The van der Waals surface area contributed by atoms with Crippen molar-refractivity contribution in [3.05, 3.63) is 28.8 Å². The minimum absolute atomic E-state index is 0.467. The Hall–Kier alpha value is -1.51. The van der Waals surface area contributed by atoms with Crippen molar-refractivity contribution in [3.63, 3.8) is 0 Å². The Labute approximate surface area is 127 Å². The van der Waals surface area contributed by atoms with Crippen molar-refractivity contribution in [2.24, 2.45) is 5.92 Å². The summed E-state index contributed by atoms with van der Waals surface area (Å²) in [5.74, 6) is -0.513. The first-order chi connectivity index (χ1) is 9.99. The van der Waals surface area contributed by atoms with E-state index in [1.807, 2.05) is 26.0 Å². The third kappa shape index (κ3) is 3.99. The fraction of sp³-hybridized carbons (Fsp3) is 0.611. The second-order valence-electron chi connectivity index (χ2n) is 6.56. The highest BCUT2D eigenvalue weighted by Crippen LogP contribution is 2.34. The number of carboxylic acid groups (broad SMARTS) is 1. The molecule has 1 atom stereocenters. The van der Waals surface area contributed by atoms with Crippen molar-refractivity contribution in [1.82, 2.24) is 0 Å². The summed E-state index contributed by atoms with van der Waals surface area (Å²) in [7, 11) is 0. The molecule has 3 heteroatoms. The molecule has 3 N–H and O–H groups in total. The monoisotopic (exact) mass is 289 g/mol. The summed E-state index contributed by atoms with van der Waals surface area (Å²) in [6, 6.07) is 3.96. The number of carbonyl (C=O) groups is 1. The van der Waals surface area contributed by atoms with Crippen LogP contribution >= 0.6 is 0 Å². The number of aliphatic carboxylic acids is 1. The average Bonchev–Trinajstić information content (AvgIpc) is 2.45. The molecule has 0 aliphatic heterocycles. The fourth-order valence-electron chi connectivity index (χ4n) is 3.59. The van der Waals surface area contributed by atoms with Gasteiger partial charge in [0, 0.05) is 5.69 Å². The summed E-state index contributed by atoms with van der Waals surface area (Å²) in [4.78, 5) is 11.7. The predicted octanol–water partition coefficient (Wildman–Crippen LogP) is 4.41. The van der Waals surface area contributed by atoms with Gasteiger partial charge in [-0.15, -0.1) is 0 Å². The molecular formula is C18H27NO2. The summed E-state index contributed by atoms with van der Waals surface area (Å²) < 4.78 is 0. The van der Waals surface area contributed by atoms with Crippen LogP contribution in [0.2, 0.25) is 0 Å². The van der Waals surface area contributed by atoms with Gasteiger partial charge < -0.3 is 10.8 Å². The van der Waals surface area contributed by atoms with Gasteiger partial charge >= 0.3 is 5.97 Å². The Morgan fingerprint density at radius 3 is 2.57 bits per heavy atom. The first-order valence-corrected chi connectivity index (χ1v) is 8.08. The number of hydrogen-bond donors (Lipinski definition) is 2. The quantitative estimate of drug-likeness (QED) is 0.789. The zero-order valence-electron chi connectivity index (χ0n) is 13.2. The van der Waals surface area contributed by atoms with Gasteiger partial charge in [-0.05, 0) is 43.7 Å². The predicted molar refractivity (Wildman–Crippen MR) is 86.5 cm³/mol. The van der Waals surface area contributed by atoms with Crippen LogP contribution in [0.1, 0.15) is 67.6 Å². The zero-order chi connectivity index (χ0) is 15.4. The minimum Gasteiger partial charge on any atom is -0.481 e. The van der Waals surface area contributed by atoms with Crippen LogP contribution in [0.15, 0.2) is 12.1 Å². The molecule has 0 saturated heterocycles. The van der Waals surface area contributed by atoms with Crippen molar-refractivity contribution in [2.45, 2.75) is 64.7 Å². The van der Waals surface area contributed by atoms with E-state index in [1.54, 1.807) is 0 Å². The van der Waals surface area contributed by atoms with Gasteiger partial charge in [-0.25, -0.2) is 0 Å². The van der Waals surface area contributed by atoms with E-state index in [2.05, 4.69) is 0 Å². The molecule has 0 bridgehead atoms. The number of aryl methyl sites for hydroxylation is 2. The molecule has 1 saturated carbocycles. The topological polar surface area (TPSA) is 63.3 Å². The maximum Gasteiger partial charge on any atom is 0.311 e. The molecule has 116 valence electrons. The van der Waals surface area contributed by atoms with Gasteiger partial charge in [0.05, 0.1) is 5.92 Å². The van der Waals surface area contributed by atoms with Gasteiger partial charge in [0.2, 0.25) is 0 Å². The van der Waals surface area contributed by atoms with E-state index in [0.29, 0.717) is 18.0 Å². The van der Waals surface area contributed by atoms with Crippen LogP contribution < -0.4 is 5.73 Å². The van der Waals surface area contributed by atoms with Crippen LogP contribution in [0.5, 0.6) is 0 Å². The molecule has 1 aliphatic carbocycles. The van der Waals surface area contributed by atoms with Crippen LogP contribution in [0.4, 0.5) is 5.69 Å². The van der Waals surface area contributed by atoms with Gasteiger partial charge in [0.15, 0.2) is 0 Å². The highest BCUT2D eigenvalue weighted by molar-refractivity contribution is 5.79. The van der Waals surface area contributed by atoms with Gasteiger partial charge in [0.1, 0.15) is 0 Å². The van der Waals surface area contributed by atoms with Crippen LogP contribution in [-0.2, 0) is 4.79 Å².